The van der Waals surface area contributed by atoms with E-state index in [1.807, 2.05) is 6.92 Å². The van der Waals surface area contributed by atoms with Gasteiger partial charge in [0.2, 0.25) is 5.91 Å². The highest BCUT2D eigenvalue weighted by atomic mass is 32.2. The molecule has 14 heteroatoms. The summed E-state index contributed by atoms with van der Waals surface area (Å²) in [7, 11) is -2.01. The number of carbonyl (C=O) groups excluding carboxylic acids is 1. The van der Waals surface area contributed by atoms with Gasteiger partial charge in [-0.05, 0) is 31.0 Å². The Morgan fingerprint density at radius 2 is 1.95 bits per heavy atom. The van der Waals surface area contributed by atoms with Crippen molar-refractivity contribution in [3.63, 3.8) is 0 Å². The van der Waals surface area contributed by atoms with Crippen LogP contribution in [0.1, 0.15) is 24.2 Å². The lowest BCUT2D eigenvalue weighted by Gasteiger charge is -2.14. The third-order valence-electron chi connectivity index (χ3n) is 5.92. The van der Waals surface area contributed by atoms with Crippen molar-refractivity contribution in [3.8, 4) is 11.3 Å². The minimum atomic E-state index is -3.76. The molecule has 3 heterocycles. The van der Waals surface area contributed by atoms with Crippen LogP contribution in [-0.2, 0) is 21.7 Å². The fraction of sp³-hybridized carbons (Fsp3) is 0.304. The van der Waals surface area contributed by atoms with Crippen molar-refractivity contribution in [2.45, 2.75) is 30.8 Å². The number of aromatic amines is 1. The molecule has 4 aromatic rings. The molecule has 1 amide bonds. The summed E-state index contributed by atoms with van der Waals surface area (Å²) in [5, 5.41) is 9.81. The van der Waals surface area contributed by atoms with Crippen LogP contribution in [0.3, 0.4) is 0 Å². The average Bonchev–Trinajstić information content (AvgIpc) is 3.22. The molecule has 10 nitrogen and oxygen atoms in total. The van der Waals surface area contributed by atoms with E-state index >= 15 is 0 Å². The van der Waals surface area contributed by atoms with Crippen LogP contribution >= 0.6 is 0 Å². The molecule has 0 bridgehead atoms. The zero-order valence-electron chi connectivity index (χ0n) is 19.9. The largest absolute Gasteiger partial charge is 0.353 e. The second-order valence-electron chi connectivity index (χ2n) is 8.97. The van der Waals surface area contributed by atoms with Gasteiger partial charge in [-0.25, -0.2) is 31.6 Å². The van der Waals surface area contributed by atoms with Gasteiger partial charge in [-0.1, -0.05) is 6.07 Å². The Hall–Kier alpha value is -3.94. The van der Waals surface area contributed by atoms with Gasteiger partial charge in [-0.3, -0.25) is 9.48 Å². The average molecular weight is 534 g/mol. The molecule has 1 aliphatic carbocycles. The van der Waals surface area contributed by atoms with Gasteiger partial charge in [0.1, 0.15) is 17.5 Å². The summed E-state index contributed by atoms with van der Waals surface area (Å²) < 4.78 is 67.1. The van der Waals surface area contributed by atoms with E-state index in [0.29, 0.717) is 11.3 Å². The quantitative estimate of drug-likeness (QED) is 0.326. The van der Waals surface area contributed by atoms with E-state index in [0.717, 1.165) is 11.8 Å². The molecular weight excluding hydrogens is 511 g/mol. The van der Waals surface area contributed by atoms with Gasteiger partial charge in [0.05, 0.1) is 27.9 Å². The maximum absolute atomic E-state index is 13.4. The highest BCUT2D eigenvalue weighted by Gasteiger charge is 2.43. The molecule has 2 atom stereocenters. The maximum atomic E-state index is 13.4. The molecule has 1 saturated carbocycles. The standard InChI is InChI=1S/C23H22F3N7O3S/c1-10-9-33(2)32-18(10)11-4-5-14(16(6-11)37(3,35)36)27-15-8-17(29-23(34)12-7-13(12)24)28-21-19(15)30-22(31-21)20(25)26/h4-6,8-9,12-13,20H,7H2,1-3H3,(H3,27,28,29,30,31,34). The number of nitrogens with one attached hydrogen (secondary N) is 3. The fourth-order valence-electron chi connectivity index (χ4n) is 4.04. The predicted octanol–water partition coefficient (Wildman–Crippen LogP) is 4.05. The van der Waals surface area contributed by atoms with Crippen LogP contribution in [0.15, 0.2) is 35.4 Å². The molecule has 37 heavy (non-hydrogen) atoms. The molecule has 3 N–H and O–H groups in total. The second kappa shape index (κ2) is 8.87. The van der Waals surface area contributed by atoms with Gasteiger partial charge in [0.15, 0.2) is 21.3 Å². The molecule has 0 spiro atoms. The minimum Gasteiger partial charge on any atom is -0.353 e. The van der Waals surface area contributed by atoms with Crippen LogP contribution in [0.2, 0.25) is 0 Å². The van der Waals surface area contributed by atoms with Crippen molar-refractivity contribution in [1.29, 1.82) is 0 Å². The third kappa shape index (κ3) is 4.88. The van der Waals surface area contributed by atoms with Crippen LogP contribution in [-0.4, -0.2) is 51.5 Å². The van der Waals surface area contributed by atoms with Crippen LogP contribution in [0, 0.1) is 12.8 Å². The van der Waals surface area contributed by atoms with Gasteiger partial charge in [-0.15, -0.1) is 0 Å². The topological polar surface area (TPSA) is 135 Å². The lowest BCUT2D eigenvalue weighted by Crippen LogP contribution is -2.16. The monoisotopic (exact) mass is 533 g/mol. The van der Waals surface area contributed by atoms with Gasteiger partial charge in [0, 0.05) is 31.1 Å². The number of anilines is 3. The van der Waals surface area contributed by atoms with E-state index < -0.39 is 40.1 Å². The Morgan fingerprint density at radius 1 is 1.22 bits per heavy atom. The maximum Gasteiger partial charge on any atom is 0.295 e. The first kappa shape index (κ1) is 24.7. The van der Waals surface area contributed by atoms with Crippen LogP contribution in [0.25, 0.3) is 22.4 Å². The lowest BCUT2D eigenvalue weighted by atomic mass is 10.1. The number of aromatic nitrogens is 5. The lowest BCUT2D eigenvalue weighted by molar-refractivity contribution is -0.117. The van der Waals surface area contributed by atoms with Crippen molar-refractivity contribution in [2.24, 2.45) is 13.0 Å². The number of imidazole rings is 1. The third-order valence-corrected chi connectivity index (χ3v) is 7.06. The normalized spacial score (nSPS) is 17.4. The van der Waals surface area contributed by atoms with Gasteiger partial charge in [0.25, 0.3) is 6.43 Å². The number of benzene rings is 1. The minimum absolute atomic E-state index is 0.0481. The summed E-state index contributed by atoms with van der Waals surface area (Å²) in [5.74, 6) is -2.09. The number of aryl methyl sites for hydroxylation is 2. The Labute approximate surface area is 209 Å². The smallest absolute Gasteiger partial charge is 0.295 e. The number of nitrogens with zero attached hydrogens (tertiary/aromatic N) is 4. The summed E-state index contributed by atoms with van der Waals surface area (Å²) in [6.07, 6.45) is -1.22. The highest BCUT2D eigenvalue weighted by Crippen LogP contribution is 2.37. The molecule has 194 valence electrons. The molecule has 1 fully saturated rings. The molecule has 1 aromatic carbocycles. The van der Waals surface area contributed by atoms with Crippen molar-refractivity contribution in [2.75, 3.05) is 16.9 Å². The Morgan fingerprint density at radius 3 is 2.54 bits per heavy atom. The molecule has 2 unspecified atom stereocenters. The molecule has 1 aliphatic rings. The summed E-state index contributed by atoms with van der Waals surface area (Å²) in [4.78, 5) is 22.6. The summed E-state index contributed by atoms with van der Waals surface area (Å²) in [5.41, 5.74) is 2.27. The molecule has 5 rings (SSSR count). The highest BCUT2D eigenvalue weighted by molar-refractivity contribution is 7.90. The second-order valence-corrected chi connectivity index (χ2v) is 11.0. The zero-order chi connectivity index (χ0) is 26.6. The van der Waals surface area contributed by atoms with E-state index in [1.165, 1.54) is 18.2 Å². The van der Waals surface area contributed by atoms with Crippen molar-refractivity contribution in [1.82, 2.24) is 24.7 Å². The number of alkyl halides is 3. The summed E-state index contributed by atoms with van der Waals surface area (Å²) in [6.45, 7) is 1.85. The number of pyridine rings is 1. The van der Waals surface area contributed by atoms with E-state index in [4.69, 9.17) is 0 Å². The van der Waals surface area contributed by atoms with Gasteiger partial charge >= 0.3 is 0 Å². The summed E-state index contributed by atoms with van der Waals surface area (Å²) in [6, 6.07) is 6.03. The van der Waals surface area contributed by atoms with E-state index in [2.05, 4.69) is 30.7 Å². The Balaban J connectivity index is 1.59. The Kier molecular flexibility index (Phi) is 5.93. The molecule has 3 aromatic heterocycles. The number of rotatable bonds is 7. The van der Waals surface area contributed by atoms with E-state index in [-0.39, 0.29) is 39.7 Å². The number of carbonyl (C=O) groups is 1. The first-order valence-electron chi connectivity index (χ1n) is 11.2. The first-order valence-corrected chi connectivity index (χ1v) is 13.1. The molecule has 0 radical (unpaired) electrons. The fourth-order valence-corrected chi connectivity index (χ4v) is 4.90. The van der Waals surface area contributed by atoms with Crippen molar-refractivity contribution < 1.29 is 26.4 Å². The predicted molar refractivity (Wildman–Crippen MR) is 130 cm³/mol. The SMILES string of the molecule is Cc1cn(C)nc1-c1ccc(Nc2cc(NC(=O)C3CC3F)nc3nc(C(F)F)[nH]c23)c(S(C)(=O)=O)c1. The number of hydrogen-bond donors (Lipinski definition) is 3. The van der Waals surface area contributed by atoms with Crippen LogP contribution in [0.4, 0.5) is 30.4 Å². The number of fused-ring (bicyclic) bond motifs is 1. The van der Waals surface area contributed by atoms with E-state index in [9.17, 15) is 26.4 Å². The summed E-state index contributed by atoms with van der Waals surface area (Å²) >= 11 is 0. The number of sulfone groups is 1. The molecular formula is C23H22F3N7O3S. The number of hydrogen-bond acceptors (Lipinski definition) is 7. The molecule has 0 saturated heterocycles. The molecule has 0 aliphatic heterocycles. The van der Waals surface area contributed by atoms with Gasteiger partial charge < -0.3 is 15.6 Å². The van der Waals surface area contributed by atoms with Crippen LogP contribution < -0.4 is 10.6 Å². The first-order chi connectivity index (χ1) is 17.4. The van der Waals surface area contributed by atoms with Crippen molar-refractivity contribution in [3.05, 3.63) is 41.9 Å². The number of amides is 1. The Bertz CT molecular complexity index is 1650. The number of H-pyrrole nitrogens is 1. The van der Waals surface area contributed by atoms with E-state index in [1.54, 1.807) is 24.0 Å². The van der Waals surface area contributed by atoms with Crippen LogP contribution in [0.5, 0.6) is 0 Å². The number of halogens is 3. The zero-order valence-corrected chi connectivity index (χ0v) is 20.7. The van der Waals surface area contributed by atoms with Gasteiger partial charge in [-0.2, -0.15) is 5.10 Å². The van der Waals surface area contributed by atoms with Crippen molar-refractivity contribution >= 4 is 44.1 Å².